The summed E-state index contributed by atoms with van der Waals surface area (Å²) in [6.07, 6.45) is 1.41. The minimum absolute atomic E-state index is 0.0650. The second kappa shape index (κ2) is 8.47. The lowest BCUT2D eigenvalue weighted by molar-refractivity contribution is 0.0959. The number of carbonyl (C=O) groups is 2. The molecule has 0 bridgehead atoms. The highest BCUT2D eigenvalue weighted by molar-refractivity contribution is 6.34. The SMILES string of the molecule is CNC(=O)c1cc(F)cc(-c2ccc3c(c2)CCCN3C(=O)c2c(F)cccc2Cl)c1. The first-order chi connectivity index (χ1) is 14.9. The highest BCUT2D eigenvalue weighted by Crippen LogP contribution is 2.34. The topological polar surface area (TPSA) is 49.4 Å². The molecular formula is C24H19ClF2N2O2. The summed E-state index contributed by atoms with van der Waals surface area (Å²) in [4.78, 5) is 26.5. The van der Waals surface area contributed by atoms with Crippen LogP contribution in [0.2, 0.25) is 5.02 Å². The van der Waals surface area contributed by atoms with Crippen LogP contribution in [0.3, 0.4) is 0 Å². The molecule has 0 unspecified atom stereocenters. The molecule has 0 aliphatic carbocycles. The summed E-state index contributed by atoms with van der Waals surface area (Å²) in [5.41, 5.74) is 2.91. The number of benzene rings is 3. The number of fused-ring (bicyclic) bond motifs is 1. The molecule has 0 spiro atoms. The Morgan fingerprint density at radius 1 is 1.03 bits per heavy atom. The lowest BCUT2D eigenvalue weighted by atomic mass is 9.94. The Balaban J connectivity index is 1.72. The van der Waals surface area contributed by atoms with Gasteiger partial charge in [-0.05, 0) is 72.0 Å². The Labute approximate surface area is 183 Å². The second-order valence-corrected chi connectivity index (χ2v) is 7.72. The molecule has 3 aromatic carbocycles. The van der Waals surface area contributed by atoms with Gasteiger partial charge < -0.3 is 10.2 Å². The minimum atomic E-state index is -0.664. The first-order valence-electron chi connectivity index (χ1n) is 9.81. The van der Waals surface area contributed by atoms with Crippen molar-refractivity contribution in [3.63, 3.8) is 0 Å². The Kier molecular flexibility index (Phi) is 5.74. The van der Waals surface area contributed by atoms with E-state index >= 15 is 0 Å². The minimum Gasteiger partial charge on any atom is -0.355 e. The number of amides is 2. The van der Waals surface area contributed by atoms with Crippen LogP contribution in [-0.2, 0) is 6.42 Å². The van der Waals surface area contributed by atoms with Gasteiger partial charge in [0.2, 0.25) is 0 Å². The molecule has 1 aliphatic heterocycles. The molecule has 158 valence electrons. The summed E-state index contributed by atoms with van der Waals surface area (Å²) in [6, 6.07) is 13.7. The Morgan fingerprint density at radius 2 is 1.84 bits per heavy atom. The van der Waals surface area contributed by atoms with Crippen LogP contribution < -0.4 is 10.2 Å². The Bertz CT molecular complexity index is 1180. The van der Waals surface area contributed by atoms with E-state index in [0.29, 0.717) is 24.2 Å². The predicted octanol–water partition coefficient (Wildman–Crippen LogP) is 5.24. The first-order valence-corrected chi connectivity index (χ1v) is 10.2. The van der Waals surface area contributed by atoms with Gasteiger partial charge in [-0.3, -0.25) is 9.59 Å². The highest BCUT2D eigenvalue weighted by Gasteiger charge is 2.27. The number of anilines is 1. The molecule has 7 heteroatoms. The Morgan fingerprint density at radius 3 is 2.58 bits per heavy atom. The van der Waals surface area contributed by atoms with Crippen molar-refractivity contribution < 1.29 is 18.4 Å². The lowest BCUT2D eigenvalue weighted by Crippen LogP contribution is -2.36. The molecular weight excluding hydrogens is 422 g/mol. The standard InChI is InChI=1S/C24H19ClF2N2O2/c1-28-23(30)17-11-16(12-18(26)13-17)14-7-8-21-15(10-14)4-3-9-29(21)24(31)22-19(25)5-2-6-20(22)27/h2,5-8,10-13H,3-4,9H2,1H3,(H,28,30). The van der Waals surface area contributed by atoms with Gasteiger partial charge in [0.1, 0.15) is 11.6 Å². The number of aryl methyl sites for hydroxylation is 1. The van der Waals surface area contributed by atoms with Crippen molar-refractivity contribution in [1.82, 2.24) is 5.32 Å². The molecule has 4 rings (SSSR count). The van der Waals surface area contributed by atoms with Crippen LogP contribution >= 0.6 is 11.6 Å². The summed E-state index contributed by atoms with van der Waals surface area (Å²) >= 11 is 6.09. The quantitative estimate of drug-likeness (QED) is 0.605. The summed E-state index contributed by atoms with van der Waals surface area (Å²) in [7, 11) is 1.49. The van der Waals surface area contributed by atoms with Gasteiger partial charge in [0.25, 0.3) is 11.8 Å². The van der Waals surface area contributed by atoms with Crippen molar-refractivity contribution in [2.45, 2.75) is 12.8 Å². The summed E-state index contributed by atoms with van der Waals surface area (Å²) in [5.74, 6) is -2.05. The van der Waals surface area contributed by atoms with Crippen molar-refractivity contribution in [2.75, 3.05) is 18.5 Å². The highest BCUT2D eigenvalue weighted by atomic mass is 35.5. The zero-order valence-electron chi connectivity index (χ0n) is 16.7. The number of carbonyl (C=O) groups excluding carboxylic acids is 2. The number of nitrogens with zero attached hydrogens (tertiary/aromatic N) is 1. The van der Waals surface area contributed by atoms with Gasteiger partial charge in [-0.15, -0.1) is 0 Å². The first kappa shape index (κ1) is 21.0. The van der Waals surface area contributed by atoms with E-state index in [-0.39, 0.29) is 22.1 Å². The van der Waals surface area contributed by atoms with E-state index < -0.39 is 17.5 Å². The zero-order valence-corrected chi connectivity index (χ0v) is 17.5. The van der Waals surface area contributed by atoms with Crippen LogP contribution in [0.25, 0.3) is 11.1 Å². The van der Waals surface area contributed by atoms with Gasteiger partial charge >= 0.3 is 0 Å². The molecule has 0 fully saturated rings. The lowest BCUT2D eigenvalue weighted by Gasteiger charge is -2.30. The van der Waals surface area contributed by atoms with E-state index in [2.05, 4.69) is 5.32 Å². The molecule has 1 aliphatic rings. The summed E-state index contributed by atoms with van der Waals surface area (Å²) < 4.78 is 28.4. The third-order valence-electron chi connectivity index (χ3n) is 5.34. The summed E-state index contributed by atoms with van der Waals surface area (Å²) in [5, 5.41) is 2.55. The number of nitrogens with one attached hydrogen (secondary N) is 1. The number of halogens is 3. The average molecular weight is 441 g/mol. The van der Waals surface area contributed by atoms with Crippen LogP contribution in [0, 0.1) is 11.6 Å². The van der Waals surface area contributed by atoms with Gasteiger partial charge in [0, 0.05) is 24.8 Å². The molecule has 1 N–H and O–H groups in total. The fourth-order valence-electron chi connectivity index (χ4n) is 3.86. The molecule has 31 heavy (non-hydrogen) atoms. The number of rotatable bonds is 3. The van der Waals surface area contributed by atoms with Gasteiger partial charge in [0.15, 0.2) is 0 Å². The van der Waals surface area contributed by atoms with E-state index in [9.17, 15) is 18.4 Å². The molecule has 3 aromatic rings. The van der Waals surface area contributed by atoms with Gasteiger partial charge in [-0.2, -0.15) is 0 Å². The number of hydrogen-bond donors (Lipinski definition) is 1. The van der Waals surface area contributed by atoms with Gasteiger partial charge in [0.05, 0.1) is 10.6 Å². The van der Waals surface area contributed by atoms with E-state index in [1.807, 2.05) is 6.07 Å². The molecule has 0 saturated carbocycles. The van der Waals surface area contributed by atoms with Crippen molar-refractivity contribution in [3.8, 4) is 11.1 Å². The second-order valence-electron chi connectivity index (χ2n) is 7.31. The largest absolute Gasteiger partial charge is 0.355 e. The summed E-state index contributed by atoms with van der Waals surface area (Å²) in [6.45, 7) is 0.441. The van der Waals surface area contributed by atoms with Crippen molar-refractivity contribution >= 4 is 29.1 Å². The maximum atomic E-state index is 14.3. The third-order valence-corrected chi connectivity index (χ3v) is 5.66. The maximum Gasteiger partial charge on any atom is 0.262 e. The molecule has 1 heterocycles. The van der Waals surface area contributed by atoms with Crippen LogP contribution in [0.4, 0.5) is 14.5 Å². The van der Waals surface area contributed by atoms with Crippen LogP contribution in [0.5, 0.6) is 0 Å². The molecule has 0 radical (unpaired) electrons. The zero-order chi connectivity index (χ0) is 22.1. The predicted molar refractivity (Wildman–Crippen MR) is 117 cm³/mol. The van der Waals surface area contributed by atoms with Crippen LogP contribution in [0.15, 0.2) is 54.6 Å². The molecule has 0 saturated heterocycles. The van der Waals surface area contributed by atoms with Gasteiger partial charge in [-0.1, -0.05) is 23.7 Å². The van der Waals surface area contributed by atoms with Crippen molar-refractivity contribution in [1.29, 1.82) is 0 Å². The van der Waals surface area contributed by atoms with Crippen molar-refractivity contribution in [3.05, 3.63) is 87.9 Å². The van der Waals surface area contributed by atoms with Crippen LogP contribution in [-0.4, -0.2) is 25.4 Å². The third kappa shape index (κ3) is 4.03. The normalized spacial score (nSPS) is 13.0. The molecule has 0 atom stereocenters. The number of hydrogen-bond acceptors (Lipinski definition) is 2. The van der Waals surface area contributed by atoms with Gasteiger partial charge in [-0.25, -0.2) is 8.78 Å². The van der Waals surface area contributed by atoms with Crippen LogP contribution in [0.1, 0.15) is 32.7 Å². The average Bonchev–Trinajstić information content (AvgIpc) is 2.77. The molecule has 0 aromatic heterocycles. The fourth-order valence-corrected chi connectivity index (χ4v) is 4.10. The smallest absolute Gasteiger partial charge is 0.262 e. The maximum absolute atomic E-state index is 14.3. The fraction of sp³-hybridized carbons (Fsp3) is 0.167. The van der Waals surface area contributed by atoms with E-state index in [4.69, 9.17) is 11.6 Å². The van der Waals surface area contributed by atoms with E-state index in [1.165, 1.54) is 42.3 Å². The van der Waals surface area contributed by atoms with E-state index in [1.54, 1.807) is 18.2 Å². The Hall–Kier alpha value is -3.25. The van der Waals surface area contributed by atoms with E-state index in [0.717, 1.165) is 17.5 Å². The molecule has 4 nitrogen and oxygen atoms in total. The monoisotopic (exact) mass is 440 g/mol. The molecule has 2 amide bonds. The van der Waals surface area contributed by atoms with Crippen molar-refractivity contribution in [2.24, 2.45) is 0 Å².